The quantitative estimate of drug-likeness (QED) is 0.421. The van der Waals surface area contributed by atoms with Gasteiger partial charge in [-0.05, 0) is 48.9 Å². The molecule has 2 atom stereocenters. The monoisotopic (exact) mass is 493 g/mol. The molecule has 0 aromatic heterocycles. The number of benzene rings is 2. The van der Waals surface area contributed by atoms with Crippen LogP contribution in [0.25, 0.3) is 0 Å². The van der Waals surface area contributed by atoms with Crippen molar-refractivity contribution in [2.24, 2.45) is 0 Å². The Hall–Kier alpha value is -1.60. The number of ether oxygens (including phenoxy) is 2. The number of carbonyl (C=O) groups is 1. The standard InChI is InChI=1S/C23H25BrClNO4/c24-19-4-1-3-18-17(19)5-6-21(18)30-23-12-22(15(14-27)11-20(23)25)29-10-2-8-26-9-7-16(28)13-26/h1,3-4,11-12,14,16,21,28H,2,5-10,13H2/t16?,21-/m0/s1. The average Bonchev–Trinajstić information content (AvgIpc) is 3.34. The molecule has 1 aliphatic carbocycles. The highest BCUT2D eigenvalue weighted by Crippen LogP contribution is 2.41. The van der Waals surface area contributed by atoms with Crippen LogP contribution in [0.1, 0.15) is 46.9 Å². The second-order valence-corrected chi connectivity index (χ2v) is 9.10. The number of β-amino-alcohol motifs (C(OH)–C–C–N with tert-alkyl or cyclic N) is 1. The fourth-order valence-corrected chi connectivity index (χ4v) is 4.99. The molecule has 0 amide bonds. The minimum Gasteiger partial charge on any atom is -0.493 e. The van der Waals surface area contributed by atoms with Crippen molar-refractivity contribution in [1.82, 2.24) is 4.90 Å². The summed E-state index contributed by atoms with van der Waals surface area (Å²) in [5.74, 6) is 1.01. The minimum atomic E-state index is -0.218. The largest absolute Gasteiger partial charge is 0.493 e. The van der Waals surface area contributed by atoms with Crippen LogP contribution in [0.15, 0.2) is 34.8 Å². The van der Waals surface area contributed by atoms with E-state index in [1.54, 1.807) is 12.1 Å². The van der Waals surface area contributed by atoms with E-state index in [-0.39, 0.29) is 12.2 Å². The SMILES string of the molecule is O=Cc1cc(Cl)c(O[C@H]2CCc3c(Br)cccc32)cc1OCCCN1CCC(O)C1. The highest BCUT2D eigenvalue weighted by molar-refractivity contribution is 9.10. The Kier molecular flexibility index (Phi) is 6.98. The third kappa shape index (κ3) is 4.83. The van der Waals surface area contributed by atoms with E-state index in [0.29, 0.717) is 28.7 Å². The first-order valence-corrected chi connectivity index (χ1v) is 11.5. The van der Waals surface area contributed by atoms with Gasteiger partial charge in [-0.3, -0.25) is 4.79 Å². The molecule has 4 rings (SSSR count). The molecule has 2 aliphatic rings. The summed E-state index contributed by atoms with van der Waals surface area (Å²) in [5, 5.41) is 10.0. The van der Waals surface area contributed by atoms with Crippen LogP contribution in [-0.4, -0.2) is 48.6 Å². The van der Waals surface area contributed by atoms with E-state index in [1.807, 2.05) is 12.1 Å². The van der Waals surface area contributed by atoms with Gasteiger partial charge in [0.1, 0.15) is 17.6 Å². The summed E-state index contributed by atoms with van der Waals surface area (Å²) in [4.78, 5) is 13.7. The van der Waals surface area contributed by atoms with Gasteiger partial charge in [0.15, 0.2) is 6.29 Å². The van der Waals surface area contributed by atoms with Crippen LogP contribution >= 0.6 is 27.5 Å². The molecule has 0 bridgehead atoms. The van der Waals surface area contributed by atoms with Crippen LogP contribution in [0, 0.1) is 0 Å². The zero-order valence-corrected chi connectivity index (χ0v) is 19.0. The maximum absolute atomic E-state index is 11.5. The molecule has 5 nitrogen and oxygen atoms in total. The second-order valence-electron chi connectivity index (χ2n) is 7.84. The van der Waals surface area contributed by atoms with Gasteiger partial charge in [0, 0.05) is 30.2 Å². The van der Waals surface area contributed by atoms with E-state index in [0.717, 1.165) is 61.6 Å². The smallest absolute Gasteiger partial charge is 0.153 e. The lowest BCUT2D eigenvalue weighted by atomic mass is 10.1. The average molecular weight is 495 g/mol. The van der Waals surface area contributed by atoms with Crippen molar-refractivity contribution in [3.63, 3.8) is 0 Å². The molecule has 1 heterocycles. The molecular weight excluding hydrogens is 470 g/mol. The molecule has 1 saturated heterocycles. The van der Waals surface area contributed by atoms with Gasteiger partial charge in [0.05, 0.1) is 23.3 Å². The van der Waals surface area contributed by atoms with Gasteiger partial charge in [0.25, 0.3) is 0 Å². The highest BCUT2D eigenvalue weighted by Gasteiger charge is 2.27. The Bertz CT molecular complexity index is 922. The van der Waals surface area contributed by atoms with Crippen LogP contribution in [0.5, 0.6) is 11.5 Å². The maximum Gasteiger partial charge on any atom is 0.153 e. The molecule has 0 saturated carbocycles. The molecule has 0 radical (unpaired) electrons. The van der Waals surface area contributed by atoms with E-state index in [9.17, 15) is 9.90 Å². The number of aldehydes is 1. The molecule has 1 fully saturated rings. The van der Waals surface area contributed by atoms with E-state index in [1.165, 1.54) is 5.56 Å². The summed E-state index contributed by atoms with van der Waals surface area (Å²) < 4.78 is 13.2. The molecule has 1 aliphatic heterocycles. The first-order valence-electron chi connectivity index (χ1n) is 10.3. The first kappa shape index (κ1) is 21.6. The predicted octanol–water partition coefficient (Wildman–Crippen LogP) is 4.82. The van der Waals surface area contributed by atoms with Gasteiger partial charge in [0.2, 0.25) is 0 Å². The lowest BCUT2D eigenvalue weighted by Crippen LogP contribution is -2.24. The van der Waals surface area contributed by atoms with Crippen LogP contribution in [0.3, 0.4) is 0 Å². The van der Waals surface area contributed by atoms with Gasteiger partial charge < -0.3 is 19.5 Å². The molecule has 0 spiro atoms. The number of aliphatic hydroxyl groups is 1. The number of hydrogen-bond acceptors (Lipinski definition) is 5. The molecule has 2 aromatic carbocycles. The van der Waals surface area contributed by atoms with E-state index >= 15 is 0 Å². The summed E-state index contributed by atoms with van der Waals surface area (Å²) in [6.45, 7) is 2.97. The number of halogens is 2. The lowest BCUT2D eigenvalue weighted by molar-refractivity contribution is 0.111. The normalized spacial score (nSPS) is 20.9. The zero-order chi connectivity index (χ0) is 21.1. The van der Waals surface area contributed by atoms with Crippen LogP contribution < -0.4 is 9.47 Å². The topological polar surface area (TPSA) is 59.0 Å². The fraction of sp³-hybridized carbons (Fsp3) is 0.435. The Morgan fingerprint density at radius 1 is 1.27 bits per heavy atom. The molecule has 160 valence electrons. The van der Waals surface area contributed by atoms with Crippen LogP contribution in [-0.2, 0) is 6.42 Å². The number of nitrogens with zero attached hydrogens (tertiary/aromatic N) is 1. The number of aliphatic hydroxyl groups excluding tert-OH is 1. The third-order valence-corrected chi connectivity index (χ3v) is 6.78. The van der Waals surface area contributed by atoms with Gasteiger partial charge in [-0.15, -0.1) is 0 Å². The number of hydrogen-bond donors (Lipinski definition) is 1. The van der Waals surface area contributed by atoms with E-state index in [2.05, 4.69) is 26.9 Å². The molecule has 30 heavy (non-hydrogen) atoms. The predicted molar refractivity (Wildman–Crippen MR) is 120 cm³/mol. The Labute approximate surface area is 190 Å². The van der Waals surface area contributed by atoms with Gasteiger partial charge >= 0.3 is 0 Å². The third-order valence-electron chi connectivity index (χ3n) is 5.74. The van der Waals surface area contributed by atoms with Crippen molar-refractivity contribution in [2.45, 2.75) is 37.9 Å². The van der Waals surface area contributed by atoms with Crippen molar-refractivity contribution in [1.29, 1.82) is 0 Å². The van der Waals surface area contributed by atoms with E-state index in [4.69, 9.17) is 21.1 Å². The van der Waals surface area contributed by atoms with Gasteiger partial charge in [-0.2, -0.15) is 0 Å². The van der Waals surface area contributed by atoms with Gasteiger partial charge in [-0.25, -0.2) is 0 Å². The van der Waals surface area contributed by atoms with Crippen LogP contribution in [0.2, 0.25) is 5.02 Å². The Balaban J connectivity index is 1.42. The summed E-state index contributed by atoms with van der Waals surface area (Å²) >= 11 is 10.0. The summed E-state index contributed by atoms with van der Waals surface area (Å²) in [7, 11) is 0. The van der Waals surface area contributed by atoms with Gasteiger partial charge in [-0.1, -0.05) is 39.7 Å². The van der Waals surface area contributed by atoms with Crippen molar-refractivity contribution in [3.05, 3.63) is 56.5 Å². The summed E-state index contributed by atoms with van der Waals surface area (Å²) in [5.41, 5.74) is 2.85. The van der Waals surface area contributed by atoms with Crippen molar-refractivity contribution in [2.75, 3.05) is 26.2 Å². The highest BCUT2D eigenvalue weighted by atomic mass is 79.9. The number of likely N-dealkylation sites (tertiary alicyclic amines) is 1. The molecular formula is C23H25BrClNO4. The van der Waals surface area contributed by atoms with E-state index < -0.39 is 0 Å². The zero-order valence-electron chi connectivity index (χ0n) is 16.7. The molecule has 2 aromatic rings. The Morgan fingerprint density at radius 2 is 2.13 bits per heavy atom. The maximum atomic E-state index is 11.5. The molecule has 1 unspecified atom stereocenters. The molecule has 1 N–H and O–H groups in total. The Morgan fingerprint density at radius 3 is 2.90 bits per heavy atom. The second kappa shape index (κ2) is 9.69. The van der Waals surface area contributed by atoms with Crippen molar-refractivity contribution >= 4 is 33.8 Å². The number of fused-ring (bicyclic) bond motifs is 1. The van der Waals surface area contributed by atoms with Crippen molar-refractivity contribution < 1.29 is 19.4 Å². The number of carbonyl (C=O) groups excluding carboxylic acids is 1. The van der Waals surface area contributed by atoms with Crippen molar-refractivity contribution in [3.8, 4) is 11.5 Å². The first-order chi connectivity index (χ1) is 14.5. The summed E-state index contributed by atoms with van der Waals surface area (Å²) in [6.07, 6.45) is 3.92. The summed E-state index contributed by atoms with van der Waals surface area (Å²) in [6, 6.07) is 9.46. The minimum absolute atomic E-state index is 0.0773. The number of rotatable bonds is 8. The fourth-order valence-electron chi connectivity index (χ4n) is 4.19. The van der Waals surface area contributed by atoms with Crippen LogP contribution in [0.4, 0.5) is 0 Å². The molecule has 7 heteroatoms. The lowest BCUT2D eigenvalue weighted by Gasteiger charge is -2.19.